The molecule has 0 heterocycles. The highest BCUT2D eigenvalue weighted by Gasteiger charge is 2.33. The van der Waals surface area contributed by atoms with Crippen molar-refractivity contribution in [3.63, 3.8) is 0 Å². The Balaban J connectivity index is 1.58. The van der Waals surface area contributed by atoms with E-state index in [1.165, 1.54) is 145 Å². The lowest BCUT2D eigenvalue weighted by atomic mass is 9.87. The molecule has 90 heavy (non-hydrogen) atoms. The van der Waals surface area contributed by atoms with Gasteiger partial charge >= 0.3 is 0 Å². The highest BCUT2D eigenvalue weighted by Crippen LogP contribution is 2.55. The monoisotopic (exact) mass is 1200 g/mol. The van der Waals surface area contributed by atoms with Gasteiger partial charge in [-0.25, -0.2) is 0 Å². The highest BCUT2D eigenvalue weighted by molar-refractivity contribution is 6.11. The molecule has 0 saturated carbocycles. The van der Waals surface area contributed by atoms with Crippen molar-refractivity contribution in [2.24, 2.45) is 0 Å². The van der Waals surface area contributed by atoms with E-state index in [2.05, 4.69) is 252 Å². The van der Waals surface area contributed by atoms with Gasteiger partial charge in [-0.3, -0.25) is 0 Å². The normalized spacial score (nSPS) is 11.8. The van der Waals surface area contributed by atoms with Crippen molar-refractivity contribution in [2.45, 2.75) is 251 Å². The summed E-state index contributed by atoms with van der Waals surface area (Å²) in [5, 5.41) is 2.66. The first-order chi connectivity index (χ1) is 43.8. The summed E-state index contributed by atoms with van der Waals surface area (Å²) < 4.78 is 0. The van der Waals surface area contributed by atoms with E-state index in [9.17, 15) is 0 Å². The van der Waals surface area contributed by atoms with Crippen molar-refractivity contribution in [2.75, 3.05) is 9.80 Å². The average molecular weight is 1200 g/mol. The van der Waals surface area contributed by atoms with Gasteiger partial charge < -0.3 is 9.80 Å². The third kappa shape index (κ3) is 17.2. The molecule has 0 aromatic heterocycles. The van der Waals surface area contributed by atoms with E-state index in [4.69, 9.17) is 0 Å². The maximum atomic E-state index is 2.93. The summed E-state index contributed by atoms with van der Waals surface area (Å²) in [4.78, 5) is 5.86. The fourth-order valence-corrected chi connectivity index (χ4v) is 13.9. The summed E-state index contributed by atoms with van der Waals surface area (Å²) in [5.41, 5.74) is 33.3. The van der Waals surface area contributed by atoms with Gasteiger partial charge in [-0.2, -0.15) is 0 Å². The molecule has 8 aromatic carbocycles. The molecule has 8 aromatic rings. The number of unbranched alkanes of at least 4 members (excludes halogenated alkanes) is 8. The summed E-state index contributed by atoms with van der Waals surface area (Å²) in [7, 11) is 0. The number of benzene rings is 8. The van der Waals surface area contributed by atoms with Gasteiger partial charge in [0.1, 0.15) is 0 Å². The minimum atomic E-state index is 1.02. The molecule has 0 amide bonds. The lowest BCUT2D eigenvalue weighted by Crippen LogP contribution is -2.23. The lowest BCUT2D eigenvalue weighted by Gasteiger charge is -2.39. The van der Waals surface area contributed by atoms with Crippen LogP contribution in [0.15, 0.2) is 121 Å². The Labute approximate surface area is 548 Å². The Bertz CT molecular complexity index is 3300. The zero-order chi connectivity index (χ0) is 64.1. The molecule has 0 bridgehead atoms. The molecule has 0 aliphatic carbocycles. The van der Waals surface area contributed by atoms with Gasteiger partial charge in [-0.15, -0.1) is 0 Å². The second kappa shape index (κ2) is 34.5. The first-order valence-corrected chi connectivity index (χ1v) is 36.0. The Morgan fingerprint density at radius 1 is 0.244 bits per heavy atom. The molecule has 0 aliphatic heterocycles. The van der Waals surface area contributed by atoms with Gasteiger partial charge in [-0.1, -0.05) is 250 Å². The quantitative estimate of drug-likeness (QED) is 0.0371. The van der Waals surface area contributed by atoms with Crippen LogP contribution >= 0.6 is 0 Å². The van der Waals surface area contributed by atoms with Crippen LogP contribution in [0.4, 0.5) is 34.1 Å². The summed E-state index contributed by atoms with van der Waals surface area (Å²) in [5.74, 6) is 0. The summed E-state index contributed by atoms with van der Waals surface area (Å²) in [6.45, 7) is 33.1. The molecule has 8 rings (SSSR count). The number of aryl methyl sites for hydroxylation is 12. The van der Waals surface area contributed by atoms with Crippen LogP contribution in [0.3, 0.4) is 0 Å². The first kappa shape index (κ1) is 69.0. The van der Waals surface area contributed by atoms with Crippen LogP contribution in [0.5, 0.6) is 0 Å². The van der Waals surface area contributed by atoms with Crippen LogP contribution in [-0.2, 0) is 51.4 Å². The minimum absolute atomic E-state index is 1.02. The molecule has 0 radical (unpaired) electrons. The van der Waals surface area contributed by atoms with Crippen LogP contribution < -0.4 is 9.80 Å². The van der Waals surface area contributed by atoms with Gasteiger partial charge in [0.15, 0.2) is 0 Å². The van der Waals surface area contributed by atoms with Crippen molar-refractivity contribution in [3.8, 4) is 0 Å². The number of fused-ring (bicyclic) bond motifs is 1. The lowest BCUT2D eigenvalue weighted by molar-refractivity contribution is 0.771. The van der Waals surface area contributed by atoms with Crippen LogP contribution in [0, 0.1) is 41.5 Å². The van der Waals surface area contributed by atoms with E-state index in [0.29, 0.717) is 0 Å². The predicted octanol–water partition coefficient (Wildman–Crippen LogP) is 26.7. The fourth-order valence-electron chi connectivity index (χ4n) is 13.9. The molecule has 476 valence electrons. The van der Waals surface area contributed by atoms with Crippen LogP contribution in [0.2, 0.25) is 0 Å². The predicted molar refractivity (Wildman–Crippen MR) is 401 cm³/mol. The number of rotatable bonds is 34. The van der Waals surface area contributed by atoms with Gasteiger partial charge in [0.25, 0.3) is 0 Å². The van der Waals surface area contributed by atoms with E-state index in [-0.39, 0.29) is 0 Å². The summed E-state index contributed by atoms with van der Waals surface area (Å²) in [6.07, 6.45) is 36.0. The summed E-state index contributed by atoms with van der Waals surface area (Å²) in [6, 6.07) is 48.4. The SMILES string of the molecule is CCCCc1cc(C)cc(CCCC)c1N(c1c(CCCC)cc(C=Cc2ccc(C)cc2)cc1CCCC)c1c(C)c(C)c(N(c2c(CCCC)cc(C)cc2CCCC)c2c(CCCC)cc(C=Cc3ccc(C)cc3)cc2CCCC)c2ccccc12. The zero-order valence-corrected chi connectivity index (χ0v) is 58.7. The van der Waals surface area contributed by atoms with Crippen LogP contribution in [0.25, 0.3) is 35.1 Å². The Hall–Kier alpha value is -6.90. The third-order valence-electron chi connectivity index (χ3n) is 18.9. The minimum Gasteiger partial charge on any atom is -0.308 e. The van der Waals surface area contributed by atoms with Gasteiger partial charge in [-0.05, 0) is 246 Å². The maximum Gasteiger partial charge on any atom is 0.0573 e. The Kier molecular flexibility index (Phi) is 26.5. The van der Waals surface area contributed by atoms with Crippen molar-refractivity contribution < 1.29 is 0 Å². The van der Waals surface area contributed by atoms with E-state index in [0.717, 1.165) is 154 Å². The van der Waals surface area contributed by atoms with E-state index < -0.39 is 0 Å². The second-order valence-electron chi connectivity index (χ2n) is 26.7. The largest absolute Gasteiger partial charge is 0.308 e. The van der Waals surface area contributed by atoms with E-state index in [1.54, 1.807) is 0 Å². The molecular formula is C88H114N2. The van der Waals surface area contributed by atoms with E-state index >= 15 is 0 Å². The topological polar surface area (TPSA) is 6.48 Å². The van der Waals surface area contributed by atoms with Crippen LogP contribution in [0.1, 0.15) is 258 Å². The van der Waals surface area contributed by atoms with Crippen molar-refractivity contribution in [3.05, 3.63) is 221 Å². The third-order valence-corrected chi connectivity index (χ3v) is 18.9. The van der Waals surface area contributed by atoms with Crippen molar-refractivity contribution in [1.29, 1.82) is 0 Å². The van der Waals surface area contributed by atoms with Gasteiger partial charge in [0, 0.05) is 10.8 Å². The fraction of sp³-hybridized carbons (Fsp3) is 0.432. The first-order valence-electron chi connectivity index (χ1n) is 36.0. The molecule has 2 heteroatoms. The molecule has 0 fully saturated rings. The van der Waals surface area contributed by atoms with Gasteiger partial charge in [0.2, 0.25) is 0 Å². The maximum absolute atomic E-state index is 2.93. The Morgan fingerprint density at radius 3 is 0.700 bits per heavy atom. The molecular weight excluding hydrogens is 1080 g/mol. The molecule has 0 unspecified atom stereocenters. The summed E-state index contributed by atoms with van der Waals surface area (Å²) >= 11 is 0. The Morgan fingerprint density at radius 2 is 0.467 bits per heavy atom. The highest BCUT2D eigenvalue weighted by atomic mass is 15.2. The molecule has 0 aliphatic rings. The number of anilines is 6. The van der Waals surface area contributed by atoms with Crippen molar-refractivity contribution >= 4 is 69.2 Å². The second-order valence-corrected chi connectivity index (χ2v) is 26.7. The standard InChI is InChI=1S/C88H114N2/c1-15-23-33-73-55-65(11)56-74(34-24-16-2)85(73)89(87-77(37-27-19-5)59-71(60-78(87)38-28-20-6)53-51-69-47-43-63(9)44-48-69)83-67(13)68(14)84(82-42-32-31-41-81(82)83)90(86-75(35-25-17-3)57-66(12)58-76(86)36-26-18-4)88-79(39-29-21-7)61-72(62-80(88)40-30-22-8)54-52-70-49-45-64(10)46-50-70/h31-32,41-62H,15-30,33-40H2,1-14H3. The van der Waals surface area contributed by atoms with Crippen molar-refractivity contribution in [1.82, 2.24) is 0 Å². The van der Waals surface area contributed by atoms with Gasteiger partial charge in [0.05, 0.1) is 34.1 Å². The molecule has 2 nitrogen and oxygen atoms in total. The molecule has 0 atom stereocenters. The van der Waals surface area contributed by atoms with E-state index in [1.807, 2.05) is 0 Å². The molecule has 0 N–H and O–H groups in total. The number of hydrogen-bond donors (Lipinski definition) is 0. The van der Waals surface area contributed by atoms with Crippen LogP contribution in [-0.4, -0.2) is 0 Å². The average Bonchev–Trinajstić information content (AvgIpc) is 0.723. The molecule has 0 spiro atoms. The number of nitrogens with zero attached hydrogens (tertiary/aromatic N) is 2. The zero-order valence-electron chi connectivity index (χ0n) is 58.7. The molecule has 0 saturated heterocycles. The number of hydrogen-bond acceptors (Lipinski definition) is 2. The smallest absolute Gasteiger partial charge is 0.0573 e.